The van der Waals surface area contributed by atoms with Gasteiger partial charge in [-0.1, -0.05) is 12.1 Å². The lowest BCUT2D eigenvalue weighted by atomic mass is 10.2. The summed E-state index contributed by atoms with van der Waals surface area (Å²) in [6.07, 6.45) is 0. The van der Waals surface area contributed by atoms with Crippen molar-refractivity contribution < 1.29 is 13.2 Å². The molecule has 2 rings (SSSR count). The van der Waals surface area contributed by atoms with E-state index in [9.17, 15) is 13.2 Å². The molecule has 0 unspecified atom stereocenters. The van der Waals surface area contributed by atoms with Crippen LogP contribution in [0.15, 0.2) is 23.1 Å². The van der Waals surface area contributed by atoms with Gasteiger partial charge in [0.05, 0.1) is 4.90 Å². The van der Waals surface area contributed by atoms with Crippen LogP contribution in [0.2, 0.25) is 0 Å². The number of urea groups is 1. The van der Waals surface area contributed by atoms with Crippen molar-refractivity contribution in [3.8, 4) is 0 Å². The second-order valence-corrected chi connectivity index (χ2v) is 7.12. The molecule has 21 heavy (non-hydrogen) atoms. The first-order valence-electron chi connectivity index (χ1n) is 6.90. The van der Waals surface area contributed by atoms with E-state index in [4.69, 9.17) is 0 Å². The molecular weight excluding hydrogens is 290 g/mol. The summed E-state index contributed by atoms with van der Waals surface area (Å²) in [5, 5.41) is 2.56. The van der Waals surface area contributed by atoms with Crippen molar-refractivity contribution in [1.29, 1.82) is 0 Å². The normalized spacial score (nSPS) is 16.8. The number of amides is 2. The average Bonchev–Trinajstić information content (AvgIpc) is 2.49. The first-order chi connectivity index (χ1) is 9.86. The third-order valence-electron chi connectivity index (χ3n) is 3.70. The lowest BCUT2D eigenvalue weighted by Gasteiger charge is -2.34. The first-order valence-corrected chi connectivity index (χ1v) is 8.34. The van der Waals surface area contributed by atoms with E-state index in [1.807, 2.05) is 19.1 Å². The zero-order valence-corrected chi connectivity index (χ0v) is 13.4. The van der Waals surface area contributed by atoms with Gasteiger partial charge in [-0.25, -0.2) is 13.2 Å². The van der Waals surface area contributed by atoms with Gasteiger partial charge in [0.25, 0.3) is 0 Å². The van der Waals surface area contributed by atoms with Gasteiger partial charge in [0.2, 0.25) is 10.0 Å². The molecule has 0 aliphatic carbocycles. The topological polar surface area (TPSA) is 69.7 Å². The molecule has 7 heteroatoms. The van der Waals surface area contributed by atoms with Gasteiger partial charge in [0.15, 0.2) is 0 Å². The summed E-state index contributed by atoms with van der Waals surface area (Å²) >= 11 is 0. The number of hydrogen-bond acceptors (Lipinski definition) is 3. The van der Waals surface area contributed by atoms with E-state index in [0.717, 1.165) is 11.1 Å². The van der Waals surface area contributed by atoms with Gasteiger partial charge in [-0.15, -0.1) is 0 Å². The Hall–Kier alpha value is -1.60. The van der Waals surface area contributed by atoms with Crippen molar-refractivity contribution in [2.24, 2.45) is 0 Å². The minimum absolute atomic E-state index is 0.168. The number of piperazine rings is 1. The molecule has 1 saturated heterocycles. The van der Waals surface area contributed by atoms with Gasteiger partial charge in [0, 0.05) is 33.2 Å². The zero-order chi connectivity index (χ0) is 15.6. The fourth-order valence-electron chi connectivity index (χ4n) is 2.41. The van der Waals surface area contributed by atoms with Crippen molar-refractivity contribution in [3.63, 3.8) is 0 Å². The number of benzene rings is 1. The van der Waals surface area contributed by atoms with E-state index < -0.39 is 10.0 Å². The van der Waals surface area contributed by atoms with Crippen molar-refractivity contribution in [1.82, 2.24) is 14.5 Å². The van der Waals surface area contributed by atoms with E-state index in [2.05, 4.69) is 5.32 Å². The van der Waals surface area contributed by atoms with Gasteiger partial charge >= 0.3 is 6.03 Å². The van der Waals surface area contributed by atoms with Gasteiger partial charge in [-0.05, 0) is 31.0 Å². The Morgan fingerprint density at radius 3 is 2.33 bits per heavy atom. The smallest absolute Gasteiger partial charge is 0.317 e. The van der Waals surface area contributed by atoms with Crippen LogP contribution in [0.5, 0.6) is 0 Å². The molecule has 1 heterocycles. The van der Waals surface area contributed by atoms with Crippen LogP contribution in [0.4, 0.5) is 4.79 Å². The Bertz CT molecular complexity index is 635. The lowest BCUT2D eigenvalue weighted by Crippen LogP contribution is -2.52. The van der Waals surface area contributed by atoms with Crippen molar-refractivity contribution >= 4 is 16.1 Å². The van der Waals surface area contributed by atoms with Gasteiger partial charge < -0.3 is 10.2 Å². The standard InChI is InChI=1S/C14H21N3O3S/c1-11-4-5-12(2)13(10-11)21(19,20)17-8-6-16(7-9-17)14(18)15-3/h4-5,10H,6-9H2,1-3H3,(H,15,18). The lowest BCUT2D eigenvalue weighted by molar-refractivity contribution is 0.174. The van der Waals surface area contributed by atoms with Gasteiger partial charge in [-0.3, -0.25) is 0 Å². The predicted molar refractivity (Wildman–Crippen MR) is 80.7 cm³/mol. The summed E-state index contributed by atoms with van der Waals surface area (Å²) in [6.45, 7) is 5.13. The van der Waals surface area contributed by atoms with Crippen molar-refractivity contribution in [2.45, 2.75) is 18.7 Å². The fraction of sp³-hybridized carbons (Fsp3) is 0.500. The predicted octanol–water partition coefficient (Wildman–Crippen LogP) is 0.949. The Kier molecular flexibility index (Phi) is 4.53. The highest BCUT2D eigenvalue weighted by molar-refractivity contribution is 7.89. The maximum Gasteiger partial charge on any atom is 0.317 e. The number of carbonyl (C=O) groups excluding carboxylic acids is 1. The zero-order valence-electron chi connectivity index (χ0n) is 12.6. The first kappa shape index (κ1) is 15.8. The maximum absolute atomic E-state index is 12.7. The molecule has 1 aliphatic heterocycles. The molecule has 6 nitrogen and oxygen atoms in total. The summed E-state index contributed by atoms with van der Waals surface area (Å²) < 4.78 is 26.9. The quantitative estimate of drug-likeness (QED) is 0.884. The van der Waals surface area contributed by atoms with Crippen LogP contribution >= 0.6 is 0 Å². The Morgan fingerprint density at radius 2 is 1.76 bits per heavy atom. The van der Waals surface area contributed by atoms with Crippen molar-refractivity contribution in [2.75, 3.05) is 33.2 Å². The summed E-state index contributed by atoms with van der Waals surface area (Å²) in [5.41, 5.74) is 1.66. The van der Waals surface area contributed by atoms with E-state index in [-0.39, 0.29) is 6.03 Å². The Balaban J connectivity index is 2.19. The fourth-order valence-corrected chi connectivity index (χ4v) is 4.15. The second-order valence-electron chi connectivity index (χ2n) is 5.22. The Morgan fingerprint density at radius 1 is 1.14 bits per heavy atom. The van der Waals surface area contributed by atoms with E-state index in [1.54, 1.807) is 24.9 Å². The minimum atomic E-state index is -3.50. The number of hydrogen-bond donors (Lipinski definition) is 1. The minimum Gasteiger partial charge on any atom is -0.341 e. The highest BCUT2D eigenvalue weighted by atomic mass is 32.2. The number of sulfonamides is 1. The highest BCUT2D eigenvalue weighted by Crippen LogP contribution is 2.22. The summed E-state index contributed by atoms with van der Waals surface area (Å²) in [6, 6.07) is 5.26. The van der Waals surface area contributed by atoms with Gasteiger partial charge in [0.1, 0.15) is 0 Å². The van der Waals surface area contributed by atoms with Crippen LogP contribution < -0.4 is 5.32 Å². The molecule has 1 aromatic carbocycles. The Labute approximate surface area is 125 Å². The summed E-state index contributed by atoms with van der Waals surface area (Å²) in [7, 11) is -1.93. The molecule has 2 amide bonds. The van der Waals surface area contributed by atoms with Crippen LogP contribution in [0, 0.1) is 13.8 Å². The van der Waals surface area contributed by atoms with Crippen LogP contribution in [0.3, 0.4) is 0 Å². The molecule has 0 radical (unpaired) electrons. The molecule has 1 fully saturated rings. The monoisotopic (exact) mass is 311 g/mol. The van der Waals surface area contributed by atoms with E-state index >= 15 is 0 Å². The highest BCUT2D eigenvalue weighted by Gasteiger charge is 2.30. The maximum atomic E-state index is 12.7. The molecule has 1 N–H and O–H groups in total. The van der Waals surface area contributed by atoms with Crippen LogP contribution in [-0.2, 0) is 10.0 Å². The number of rotatable bonds is 2. The van der Waals surface area contributed by atoms with E-state index in [0.29, 0.717) is 31.1 Å². The SMILES string of the molecule is CNC(=O)N1CCN(S(=O)(=O)c2cc(C)ccc2C)CC1. The van der Waals surface area contributed by atoms with E-state index in [1.165, 1.54) is 4.31 Å². The molecule has 0 bridgehead atoms. The van der Waals surface area contributed by atoms with Gasteiger partial charge in [-0.2, -0.15) is 4.31 Å². The summed E-state index contributed by atoms with van der Waals surface area (Å²) in [5.74, 6) is 0. The average molecular weight is 311 g/mol. The molecule has 0 aromatic heterocycles. The van der Waals surface area contributed by atoms with Crippen molar-refractivity contribution in [3.05, 3.63) is 29.3 Å². The molecule has 0 atom stereocenters. The molecule has 1 aliphatic rings. The molecule has 0 saturated carbocycles. The third-order valence-corrected chi connectivity index (χ3v) is 5.74. The van der Waals surface area contributed by atoms with Crippen LogP contribution in [-0.4, -0.2) is 56.9 Å². The third kappa shape index (κ3) is 3.19. The summed E-state index contributed by atoms with van der Waals surface area (Å²) in [4.78, 5) is 13.5. The second kappa shape index (κ2) is 6.03. The largest absolute Gasteiger partial charge is 0.341 e. The number of nitrogens with one attached hydrogen (secondary N) is 1. The number of nitrogens with zero attached hydrogens (tertiary/aromatic N) is 2. The molecular formula is C14H21N3O3S. The van der Waals surface area contributed by atoms with Crippen LogP contribution in [0.1, 0.15) is 11.1 Å². The van der Waals surface area contributed by atoms with Crippen LogP contribution in [0.25, 0.3) is 0 Å². The molecule has 1 aromatic rings. The number of carbonyl (C=O) groups is 1. The molecule has 116 valence electrons. The molecule has 0 spiro atoms. The number of aryl methyl sites for hydroxylation is 2.